The van der Waals surface area contributed by atoms with Gasteiger partial charge < -0.3 is 9.47 Å². The van der Waals surface area contributed by atoms with Crippen LogP contribution >= 0.6 is 11.6 Å². The Kier molecular flexibility index (Phi) is 3.15. The van der Waals surface area contributed by atoms with Gasteiger partial charge in [0.25, 0.3) is 0 Å². The monoisotopic (exact) mass is 178 g/mol. The minimum Gasteiger partial charge on any atom is -0.448 e. The van der Waals surface area contributed by atoms with E-state index in [1.54, 1.807) is 7.11 Å². The fourth-order valence-electron chi connectivity index (χ4n) is 1.42. The molecule has 0 aromatic heterocycles. The summed E-state index contributed by atoms with van der Waals surface area (Å²) >= 11 is 5.06. The van der Waals surface area contributed by atoms with Gasteiger partial charge in [-0.3, -0.25) is 0 Å². The lowest BCUT2D eigenvalue weighted by molar-refractivity contribution is 0.00495. The molecule has 0 aromatic rings. The maximum atomic E-state index is 10.3. The Balaban J connectivity index is 2.37. The van der Waals surface area contributed by atoms with Crippen molar-refractivity contribution in [2.75, 3.05) is 7.11 Å². The Labute approximate surface area is 70.6 Å². The van der Waals surface area contributed by atoms with Crippen LogP contribution in [0.1, 0.15) is 19.3 Å². The van der Waals surface area contributed by atoms with Gasteiger partial charge in [0.05, 0.1) is 6.10 Å². The summed E-state index contributed by atoms with van der Waals surface area (Å²) < 4.78 is 9.90. The van der Waals surface area contributed by atoms with E-state index in [-0.39, 0.29) is 12.2 Å². The van der Waals surface area contributed by atoms with Crippen LogP contribution in [-0.2, 0) is 9.47 Å². The van der Waals surface area contributed by atoms with Crippen molar-refractivity contribution in [1.29, 1.82) is 0 Å². The third-order valence-corrected chi connectivity index (χ3v) is 2.03. The van der Waals surface area contributed by atoms with Crippen LogP contribution in [-0.4, -0.2) is 24.7 Å². The first-order chi connectivity index (χ1) is 5.24. The van der Waals surface area contributed by atoms with Crippen molar-refractivity contribution < 1.29 is 14.3 Å². The Morgan fingerprint density at radius 3 is 2.64 bits per heavy atom. The molecule has 1 aliphatic rings. The van der Waals surface area contributed by atoms with E-state index in [9.17, 15) is 4.79 Å². The minimum absolute atomic E-state index is 0.0395. The average molecular weight is 179 g/mol. The molecule has 64 valence electrons. The molecule has 2 atom stereocenters. The van der Waals surface area contributed by atoms with Gasteiger partial charge in [-0.2, -0.15) is 0 Å². The van der Waals surface area contributed by atoms with Gasteiger partial charge in [-0.05, 0) is 19.3 Å². The predicted octanol–water partition coefficient (Wildman–Crippen LogP) is 1.93. The number of hydrogen-bond donors (Lipinski definition) is 0. The van der Waals surface area contributed by atoms with E-state index in [0.29, 0.717) is 0 Å². The summed E-state index contributed by atoms with van der Waals surface area (Å²) in [7, 11) is 1.62. The molecule has 1 rings (SSSR count). The zero-order valence-electron chi connectivity index (χ0n) is 6.38. The van der Waals surface area contributed by atoms with E-state index in [1.165, 1.54) is 0 Å². The maximum Gasteiger partial charge on any atom is 0.404 e. The van der Waals surface area contributed by atoms with Crippen LogP contribution in [0.15, 0.2) is 0 Å². The standard InChI is InChI=1S/C7H11ClO3/c1-10-5-3-2-4-6(5)11-7(8)9/h5-6H,2-4H2,1H3/t5-,6-/m1/s1. The van der Waals surface area contributed by atoms with Gasteiger partial charge in [-0.25, -0.2) is 4.79 Å². The Hall–Kier alpha value is -0.280. The first kappa shape index (κ1) is 8.81. The largest absolute Gasteiger partial charge is 0.448 e. The van der Waals surface area contributed by atoms with Crippen molar-refractivity contribution in [2.45, 2.75) is 31.5 Å². The SMILES string of the molecule is CO[C@@H]1CCC[C@H]1OC(=O)Cl. The summed E-state index contributed by atoms with van der Waals surface area (Å²) in [6.45, 7) is 0. The molecule has 0 aromatic carbocycles. The molecule has 4 heteroatoms. The second kappa shape index (κ2) is 3.93. The molecular formula is C7H11ClO3. The summed E-state index contributed by atoms with van der Waals surface area (Å²) in [5.41, 5.74) is -0.737. The lowest BCUT2D eigenvalue weighted by atomic mass is 10.3. The number of halogens is 1. The highest BCUT2D eigenvalue weighted by atomic mass is 35.5. The number of hydrogen-bond acceptors (Lipinski definition) is 3. The van der Waals surface area contributed by atoms with Gasteiger partial charge >= 0.3 is 5.43 Å². The van der Waals surface area contributed by atoms with Crippen molar-refractivity contribution in [1.82, 2.24) is 0 Å². The molecule has 0 amide bonds. The van der Waals surface area contributed by atoms with Crippen LogP contribution in [0.5, 0.6) is 0 Å². The third kappa shape index (κ3) is 2.34. The molecule has 3 nitrogen and oxygen atoms in total. The summed E-state index contributed by atoms with van der Waals surface area (Å²) in [4.78, 5) is 10.3. The van der Waals surface area contributed by atoms with Crippen molar-refractivity contribution in [3.63, 3.8) is 0 Å². The molecule has 1 fully saturated rings. The van der Waals surface area contributed by atoms with Crippen molar-refractivity contribution in [3.05, 3.63) is 0 Å². The Morgan fingerprint density at radius 2 is 2.09 bits per heavy atom. The molecule has 1 saturated carbocycles. The predicted molar refractivity (Wildman–Crippen MR) is 40.8 cm³/mol. The van der Waals surface area contributed by atoms with E-state index in [2.05, 4.69) is 0 Å². The van der Waals surface area contributed by atoms with E-state index in [0.717, 1.165) is 19.3 Å². The first-order valence-corrected chi connectivity index (χ1v) is 4.00. The Morgan fingerprint density at radius 1 is 1.45 bits per heavy atom. The van der Waals surface area contributed by atoms with Gasteiger partial charge in [0.15, 0.2) is 0 Å². The summed E-state index contributed by atoms with van der Waals surface area (Å²) in [5.74, 6) is 0. The van der Waals surface area contributed by atoms with Crippen LogP contribution in [0.2, 0.25) is 0 Å². The lowest BCUT2D eigenvalue weighted by Crippen LogP contribution is -2.25. The smallest absolute Gasteiger partial charge is 0.404 e. The highest BCUT2D eigenvalue weighted by Crippen LogP contribution is 2.24. The summed E-state index contributed by atoms with van der Waals surface area (Å²) in [6, 6.07) is 0. The molecule has 0 bridgehead atoms. The second-order valence-corrected chi connectivity index (χ2v) is 2.91. The lowest BCUT2D eigenvalue weighted by Gasteiger charge is -2.16. The van der Waals surface area contributed by atoms with Gasteiger partial charge in [0, 0.05) is 18.7 Å². The van der Waals surface area contributed by atoms with Crippen LogP contribution in [0, 0.1) is 0 Å². The van der Waals surface area contributed by atoms with Crippen LogP contribution < -0.4 is 0 Å². The van der Waals surface area contributed by atoms with Crippen molar-refractivity contribution in [3.8, 4) is 0 Å². The molecule has 11 heavy (non-hydrogen) atoms. The molecule has 0 radical (unpaired) electrons. The molecule has 0 unspecified atom stereocenters. The van der Waals surface area contributed by atoms with Gasteiger partial charge in [-0.15, -0.1) is 0 Å². The topological polar surface area (TPSA) is 35.5 Å². The van der Waals surface area contributed by atoms with Gasteiger partial charge in [0.2, 0.25) is 0 Å². The van der Waals surface area contributed by atoms with E-state index in [1.807, 2.05) is 0 Å². The Bertz CT molecular complexity index is 149. The number of rotatable bonds is 2. The highest BCUT2D eigenvalue weighted by Gasteiger charge is 2.29. The molecule has 0 N–H and O–H groups in total. The number of ether oxygens (including phenoxy) is 2. The van der Waals surface area contributed by atoms with E-state index >= 15 is 0 Å². The van der Waals surface area contributed by atoms with Crippen molar-refractivity contribution >= 4 is 17.0 Å². The molecule has 1 aliphatic carbocycles. The fourth-order valence-corrected chi connectivity index (χ4v) is 1.53. The molecular weight excluding hydrogens is 168 g/mol. The molecule has 0 aliphatic heterocycles. The highest BCUT2D eigenvalue weighted by molar-refractivity contribution is 6.61. The van der Waals surface area contributed by atoms with Gasteiger partial charge in [0.1, 0.15) is 6.10 Å². The quantitative estimate of drug-likeness (QED) is 0.607. The molecule has 0 saturated heterocycles. The maximum absolute atomic E-state index is 10.3. The second-order valence-electron chi connectivity index (χ2n) is 2.60. The van der Waals surface area contributed by atoms with Crippen molar-refractivity contribution in [2.24, 2.45) is 0 Å². The van der Waals surface area contributed by atoms with Crippen LogP contribution in [0.4, 0.5) is 4.79 Å². The average Bonchev–Trinajstić information content (AvgIpc) is 2.34. The van der Waals surface area contributed by atoms with Gasteiger partial charge in [-0.1, -0.05) is 0 Å². The summed E-state index contributed by atoms with van der Waals surface area (Å²) in [5, 5.41) is 0. The van der Waals surface area contributed by atoms with Crippen LogP contribution in [0.25, 0.3) is 0 Å². The zero-order valence-corrected chi connectivity index (χ0v) is 7.13. The molecule has 0 heterocycles. The number of carbonyl (C=O) groups excluding carboxylic acids is 1. The van der Waals surface area contributed by atoms with E-state index in [4.69, 9.17) is 21.1 Å². The van der Waals surface area contributed by atoms with E-state index < -0.39 is 5.43 Å². The zero-order chi connectivity index (χ0) is 8.27. The summed E-state index contributed by atoms with van der Waals surface area (Å²) in [6.07, 6.45) is 2.75. The normalized spacial score (nSPS) is 30.4. The fraction of sp³-hybridized carbons (Fsp3) is 0.857. The number of carbonyl (C=O) groups is 1. The third-order valence-electron chi connectivity index (χ3n) is 1.94. The van der Waals surface area contributed by atoms with Crippen LogP contribution in [0.3, 0.4) is 0 Å². The minimum atomic E-state index is -0.737. The first-order valence-electron chi connectivity index (χ1n) is 3.63. The number of methoxy groups -OCH3 is 1. The molecule has 0 spiro atoms.